The molecule has 3 aromatic carbocycles. The molecule has 0 saturated carbocycles. The van der Waals surface area contributed by atoms with Crippen LogP contribution in [-0.2, 0) is 4.79 Å². The number of carbonyl (C=O) groups excluding carboxylic acids is 1. The number of aliphatic imine (C=N–C) groups is 1. The van der Waals surface area contributed by atoms with E-state index in [-0.39, 0.29) is 5.91 Å². The molecule has 1 aliphatic rings. The summed E-state index contributed by atoms with van der Waals surface area (Å²) in [5.41, 5.74) is 2.44. The number of hydrogen-bond donors (Lipinski definition) is 0. The molecule has 1 saturated heterocycles. The van der Waals surface area contributed by atoms with Gasteiger partial charge in [-0.1, -0.05) is 30.3 Å². The Balaban J connectivity index is 1.73. The number of para-hydroxylation sites is 1. The Morgan fingerprint density at radius 3 is 2.03 bits per heavy atom. The lowest BCUT2D eigenvalue weighted by Gasteiger charge is -2.16. The first-order chi connectivity index (χ1) is 14.7. The predicted octanol–water partition coefficient (Wildman–Crippen LogP) is 5.51. The number of methoxy groups -OCH3 is 2. The summed E-state index contributed by atoms with van der Waals surface area (Å²) in [5.74, 6) is 1.39. The van der Waals surface area contributed by atoms with Crippen molar-refractivity contribution in [2.75, 3.05) is 19.1 Å². The fourth-order valence-corrected chi connectivity index (χ4v) is 3.97. The second-order valence-corrected chi connectivity index (χ2v) is 7.46. The highest BCUT2D eigenvalue weighted by Crippen LogP contribution is 2.37. The SMILES string of the molecule is COc1ccc(/C=C2\S/C(=N\c3ccccc3)N(c3ccc(OC)cc3)C2=O)cc1. The smallest absolute Gasteiger partial charge is 0.271 e. The normalized spacial score (nSPS) is 16.3. The summed E-state index contributed by atoms with van der Waals surface area (Å²) in [5, 5.41) is 0.608. The van der Waals surface area contributed by atoms with Crippen molar-refractivity contribution in [3.05, 3.63) is 89.3 Å². The Bertz CT molecular complexity index is 1090. The first kappa shape index (κ1) is 19.8. The molecule has 0 aliphatic carbocycles. The molecule has 1 fully saturated rings. The van der Waals surface area contributed by atoms with Gasteiger partial charge in [0.25, 0.3) is 5.91 Å². The molecular weight excluding hydrogens is 396 g/mol. The van der Waals surface area contributed by atoms with Crippen LogP contribution >= 0.6 is 11.8 Å². The van der Waals surface area contributed by atoms with Gasteiger partial charge in [0.05, 0.1) is 30.5 Å². The highest BCUT2D eigenvalue weighted by atomic mass is 32.2. The van der Waals surface area contributed by atoms with E-state index in [4.69, 9.17) is 14.5 Å². The highest BCUT2D eigenvalue weighted by molar-refractivity contribution is 8.19. The second kappa shape index (κ2) is 8.88. The van der Waals surface area contributed by atoms with Crippen molar-refractivity contribution in [3.8, 4) is 11.5 Å². The third kappa shape index (κ3) is 4.23. The van der Waals surface area contributed by atoms with Crippen molar-refractivity contribution in [1.29, 1.82) is 0 Å². The van der Waals surface area contributed by atoms with Crippen molar-refractivity contribution >= 4 is 40.3 Å². The molecule has 0 bridgehead atoms. The summed E-state index contributed by atoms with van der Waals surface area (Å²) in [6.07, 6.45) is 1.87. The molecule has 0 spiro atoms. The molecule has 0 N–H and O–H groups in total. The Morgan fingerprint density at radius 1 is 0.833 bits per heavy atom. The summed E-state index contributed by atoms with van der Waals surface area (Å²) in [6.45, 7) is 0. The fourth-order valence-electron chi connectivity index (χ4n) is 2.97. The number of ether oxygens (including phenoxy) is 2. The second-order valence-electron chi connectivity index (χ2n) is 6.45. The number of benzene rings is 3. The molecule has 30 heavy (non-hydrogen) atoms. The van der Waals surface area contributed by atoms with Gasteiger partial charge in [-0.2, -0.15) is 0 Å². The van der Waals surface area contributed by atoms with Gasteiger partial charge < -0.3 is 9.47 Å². The first-order valence-electron chi connectivity index (χ1n) is 9.34. The first-order valence-corrected chi connectivity index (χ1v) is 10.2. The Labute approximate surface area is 179 Å². The molecule has 3 aromatic rings. The largest absolute Gasteiger partial charge is 0.497 e. The molecule has 5 nitrogen and oxygen atoms in total. The minimum atomic E-state index is -0.115. The van der Waals surface area contributed by atoms with Gasteiger partial charge in [-0.3, -0.25) is 9.69 Å². The van der Waals surface area contributed by atoms with Crippen molar-refractivity contribution in [2.24, 2.45) is 4.99 Å². The van der Waals surface area contributed by atoms with E-state index in [1.54, 1.807) is 19.1 Å². The van der Waals surface area contributed by atoms with E-state index in [0.717, 1.165) is 28.4 Å². The van der Waals surface area contributed by atoms with E-state index in [1.165, 1.54) is 11.8 Å². The summed E-state index contributed by atoms with van der Waals surface area (Å²) >= 11 is 1.36. The standard InChI is InChI=1S/C24H20N2O3S/c1-28-20-12-8-17(9-13-20)16-22-23(27)26(19-10-14-21(29-2)15-11-19)24(30-22)25-18-6-4-3-5-7-18/h3-16H,1-2H3/b22-16-,25-24-. The topological polar surface area (TPSA) is 51.1 Å². The van der Waals surface area contributed by atoms with Gasteiger partial charge >= 0.3 is 0 Å². The number of carbonyl (C=O) groups is 1. The van der Waals surface area contributed by atoms with Crippen LogP contribution in [0.15, 0.2) is 88.8 Å². The Hall–Kier alpha value is -3.51. The van der Waals surface area contributed by atoms with Crippen LogP contribution in [0.1, 0.15) is 5.56 Å². The maximum absolute atomic E-state index is 13.3. The van der Waals surface area contributed by atoms with E-state index < -0.39 is 0 Å². The van der Waals surface area contributed by atoms with Crippen molar-refractivity contribution in [1.82, 2.24) is 0 Å². The van der Waals surface area contributed by atoms with Crippen molar-refractivity contribution in [3.63, 3.8) is 0 Å². The lowest BCUT2D eigenvalue weighted by molar-refractivity contribution is -0.113. The summed E-state index contributed by atoms with van der Waals surface area (Å²) in [7, 11) is 3.24. The van der Waals surface area contributed by atoms with E-state index in [2.05, 4.69) is 0 Å². The highest BCUT2D eigenvalue weighted by Gasteiger charge is 2.34. The fraction of sp³-hybridized carbons (Fsp3) is 0.0833. The molecule has 6 heteroatoms. The van der Waals surface area contributed by atoms with E-state index in [9.17, 15) is 4.79 Å². The van der Waals surface area contributed by atoms with Gasteiger partial charge in [0.2, 0.25) is 0 Å². The lowest BCUT2D eigenvalue weighted by Crippen LogP contribution is -2.28. The van der Waals surface area contributed by atoms with E-state index in [1.807, 2.05) is 84.9 Å². The maximum atomic E-state index is 13.3. The van der Waals surface area contributed by atoms with Gasteiger partial charge in [0.15, 0.2) is 5.17 Å². The van der Waals surface area contributed by atoms with Crippen molar-refractivity contribution < 1.29 is 14.3 Å². The number of amidine groups is 1. The zero-order valence-corrected chi connectivity index (χ0v) is 17.4. The molecule has 150 valence electrons. The number of thioether (sulfide) groups is 1. The molecule has 1 aliphatic heterocycles. The molecule has 0 unspecified atom stereocenters. The van der Waals surface area contributed by atoms with Crippen LogP contribution in [-0.4, -0.2) is 25.3 Å². The molecule has 1 heterocycles. The number of hydrogen-bond acceptors (Lipinski definition) is 5. The number of amides is 1. The zero-order chi connectivity index (χ0) is 20.9. The van der Waals surface area contributed by atoms with Gasteiger partial charge in [-0.05, 0) is 71.9 Å². The van der Waals surface area contributed by atoms with Crippen LogP contribution in [0.25, 0.3) is 6.08 Å². The third-order valence-corrected chi connectivity index (χ3v) is 5.50. The van der Waals surface area contributed by atoms with E-state index in [0.29, 0.717) is 10.1 Å². The molecule has 0 radical (unpaired) electrons. The van der Waals surface area contributed by atoms with E-state index >= 15 is 0 Å². The lowest BCUT2D eigenvalue weighted by atomic mass is 10.2. The molecule has 0 aromatic heterocycles. The molecule has 0 atom stereocenters. The molecular formula is C24H20N2O3S. The van der Waals surface area contributed by atoms with Crippen LogP contribution in [0.5, 0.6) is 11.5 Å². The van der Waals surface area contributed by atoms with Crippen LogP contribution < -0.4 is 14.4 Å². The average molecular weight is 417 g/mol. The summed E-state index contributed by atoms with van der Waals surface area (Å²) in [4.78, 5) is 20.2. The minimum Gasteiger partial charge on any atom is -0.497 e. The van der Waals surface area contributed by atoms with Crippen LogP contribution in [0, 0.1) is 0 Å². The van der Waals surface area contributed by atoms with Crippen LogP contribution in [0.4, 0.5) is 11.4 Å². The zero-order valence-electron chi connectivity index (χ0n) is 16.6. The number of anilines is 1. The number of rotatable bonds is 5. The number of nitrogens with zero attached hydrogens (tertiary/aromatic N) is 2. The summed E-state index contributed by atoms with van der Waals surface area (Å²) < 4.78 is 10.4. The Morgan fingerprint density at radius 2 is 1.43 bits per heavy atom. The van der Waals surface area contributed by atoms with Crippen LogP contribution in [0.3, 0.4) is 0 Å². The van der Waals surface area contributed by atoms with Crippen LogP contribution in [0.2, 0.25) is 0 Å². The van der Waals surface area contributed by atoms with Gasteiger partial charge in [0.1, 0.15) is 11.5 Å². The quantitative estimate of drug-likeness (QED) is 0.515. The monoisotopic (exact) mass is 416 g/mol. The maximum Gasteiger partial charge on any atom is 0.271 e. The predicted molar refractivity (Wildman–Crippen MR) is 123 cm³/mol. The van der Waals surface area contributed by atoms with Gasteiger partial charge in [-0.15, -0.1) is 0 Å². The molecule has 1 amide bonds. The minimum absolute atomic E-state index is 0.115. The average Bonchev–Trinajstić information content (AvgIpc) is 3.09. The Kier molecular flexibility index (Phi) is 5.86. The van der Waals surface area contributed by atoms with Gasteiger partial charge in [0, 0.05) is 0 Å². The third-order valence-electron chi connectivity index (χ3n) is 4.53. The molecule has 4 rings (SSSR count). The van der Waals surface area contributed by atoms with Crippen molar-refractivity contribution in [2.45, 2.75) is 0 Å². The summed E-state index contributed by atoms with van der Waals surface area (Å²) in [6, 6.07) is 24.6. The van der Waals surface area contributed by atoms with Gasteiger partial charge in [-0.25, -0.2) is 4.99 Å².